The first-order chi connectivity index (χ1) is 7.54. The van der Waals surface area contributed by atoms with Gasteiger partial charge in [-0.2, -0.15) is 13.2 Å². The van der Waals surface area contributed by atoms with Gasteiger partial charge >= 0.3 is 6.18 Å². The van der Waals surface area contributed by atoms with Gasteiger partial charge in [0, 0.05) is 18.2 Å². The van der Waals surface area contributed by atoms with Crippen LogP contribution < -0.4 is 5.32 Å². The Bertz CT molecular complexity index is 414. The Hall–Kier alpha value is -1.52. The molecule has 0 saturated heterocycles. The third-order valence-electron chi connectivity index (χ3n) is 2.72. The Morgan fingerprint density at radius 1 is 1.38 bits per heavy atom. The van der Waals surface area contributed by atoms with E-state index in [1.165, 1.54) is 6.07 Å². The van der Waals surface area contributed by atoms with Crippen molar-refractivity contribution in [1.29, 1.82) is 0 Å². The monoisotopic (exact) mass is 229 g/mol. The molecule has 2 nitrogen and oxygen atoms in total. The van der Waals surface area contributed by atoms with Gasteiger partial charge in [-0.25, -0.2) is 0 Å². The molecule has 0 fully saturated rings. The van der Waals surface area contributed by atoms with Crippen LogP contribution in [0.4, 0.5) is 18.9 Å². The predicted molar refractivity (Wildman–Crippen MR) is 53.4 cm³/mol. The number of halogens is 3. The maximum atomic E-state index is 12.7. The van der Waals surface area contributed by atoms with E-state index < -0.39 is 17.7 Å². The van der Waals surface area contributed by atoms with Crippen LogP contribution in [0, 0.1) is 0 Å². The number of hydrogen-bond donors (Lipinski definition) is 1. The normalized spacial score (nSPS) is 19.8. The van der Waals surface area contributed by atoms with Crippen molar-refractivity contribution in [2.45, 2.75) is 18.5 Å². The zero-order valence-electron chi connectivity index (χ0n) is 8.34. The van der Waals surface area contributed by atoms with Gasteiger partial charge in [-0.3, -0.25) is 0 Å². The van der Waals surface area contributed by atoms with Crippen molar-refractivity contribution in [3.05, 3.63) is 29.3 Å². The van der Waals surface area contributed by atoms with Gasteiger partial charge in [0.2, 0.25) is 0 Å². The lowest BCUT2D eigenvalue weighted by Gasteiger charge is -2.26. The highest BCUT2D eigenvalue weighted by Crippen LogP contribution is 2.41. The van der Waals surface area contributed by atoms with Crippen molar-refractivity contribution in [3.8, 4) is 0 Å². The van der Waals surface area contributed by atoms with E-state index in [-0.39, 0.29) is 5.56 Å². The molecule has 0 aliphatic carbocycles. The minimum Gasteiger partial charge on any atom is -0.385 e. The van der Waals surface area contributed by atoms with E-state index in [4.69, 9.17) is 0 Å². The number of fused-ring (bicyclic) bond motifs is 1. The highest BCUT2D eigenvalue weighted by Gasteiger charge is 2.37. The summed E-state index contributed by atoms with van der Waals surface area (Å²) in [6.45, 7) is 0.526. The summed E-state index contributed by atoms with van der Waals surface area (Å²) in [6, 6.07) is 3.93. The van der Waals surface area contributed by atoms with Crippen molar-refractivity contribution in [1.82, 2.24) is 0 Å². The van der Waals surface area contributed by atoms with Crippen LogP contribution in [-0.4, -0.2) is 12.8 Å². The predicted octanol–water partition coefficient (Wildman–Crippen LogP) is 2.80. The molecule has 16 heavy (non-hydrogen) atoms. The molecule has 0 amide bonds. The molecule has 0 spiro atoms. The number of carbonyl (C=O) groups is 1. The van der Waals surface area contributed by atoms with Crippen molar-refractivity contribution in [2.24, 2.45) is 0 Å². The standard InChI is InChI=1S/C11H10F3NO/c12-11(13,14)8-2-1-3-9-10(8)7(6-16)4-5-15-9/h1-3,6-7,15H,4-5H2. The average Bonchev–Trinajstić information content (AvgIpc) is 2.26. The third kappa shape index (κ3) is 1.77. The molecule has 0 bridgehead atoms. The number of hydrogen-bond acceptors (Lipinski definition) is 2. The number of aldehydes is 1. The molecule has 0 radical (unpaired) electrons. The van der Waals surface area contributed by atoms with Gasteiger partial charge in [0.05, 0.1) is 5.56 Å². The van der Waals surface area contributed by atoms with E-state index in [2.05, 4.69) is 5.32 Å². The number of benzene rings is 1. The molecule has 1 unspecified atom stereocenters. The van der Waals surface area contributed by atoms with E-state index in [1.807, 2.05) is 0 Å². The third-order valence-corrected chi connectivity index (χ3v) is 2.72. The van der Waals surface area contributed by atoms with E-state index in [1.54, 1.807) is 6.07 Å². The fourth-order valence-electron chi connectivity index (χ4n) is 2.01. The maximum absolute atomic E-state index is 12.7. The number of carbonyl (C=O) groups excluding carboxylic acids is 1. The molecule has 0 saturated carbocycles. The summed E-state index contributed by atoms with van der Waals surface area (Å²) in [5.74, 6) is -0.658. The largest absolute Gasteiger partial charge is 0.416 e. The van der Waals surface area contributed by atoms with Crippen LogP contribution in [0.5, 0.6) is 0 Å². The highest BCUT2D eigenvalue weighted by atomic mass is 19.4. The minimum atomic E-state index is -4.41. The van der Waals surface area contributed by atoms with Gasteiger partial charge in [-0.05, 0) is 24.1 Å². The summed E-state index contributed by atoms with van der Waals surface area (Å²) in [6.07, 6.45) is -3.41. The molecule has 1 atom stereocenters. The number of rotatable bonds is 1. The number of alkyl halides is 3. The Morgan fingerprint density at radius 2 is 2.12 bits per heavy atom. The summed E-state index contributed by atoms with van der Waals surface area (Å²) >= 11 is 0. The lowest BCUT2D eigenvalue weighted by molar-refractivity contribution is -0.138. The lowest BCUT2D eigenvalue weighted by Crippen LogP contribution is -2.22. The smallest absolute Gasteiger partial charge is 0.385 e. The van der Waals surface area contributed by atoms with Crippen LogP contribution in [-0.2, 0) is 11.0 Å². The summed E-state index contributed by atoms with van der Waals surface area (Å²) < 4.78 is 38.2. The molecule has 0 aromatic heterocycles. The molecule has 86 valence electrons. The Morgan fingerprint density at radius 3 is 2.75 bits per heavy atom. The van der Waals surface area contributed by atoms with Crippen LogP contribution in [0.1, 0.15) is 23.5 Å². The first-order valence-electron chi connectivity index (χ1n) is 4.93. The lowest BCUT2D eigenvalue weighted by atomic mass is 9.88. The van der Waals surface area contributed by atoms with Gasteiger partial charge in [-0.15, -0.1) is 0 Å². The molecular weight excluding hydrogens is 219 g/mol. The van der Waals surface area contributed by atoms with Gasteiger partial charge in [-0.1, -0.05) is 6.07 Å². The molecular formula is C11H10F3NO. The number of anilines is 1. The maximum Gasteiger partial charge on any atom is 0.416 e. The van der Waals surface area contributed by atoms with Crippen LogP contribution in [0.25, 0.3) is 0 Å². The Kier molecular flexibility index (Phi) is 2.61. The Balaban J connectivity index is 2.59. The zero-order chi connectivity index (χ0) is 11.8. The SMILES string of the molecule is O=CC1CCNc2cccc(C(F)(F)F)c21. The van der Waals surface area contributed by atoms with E-state index in [0.717, 1.165) is 6.07 Å². The molecule has 1 heterocycles. The fourth-order valence-corrected chi connectivity index (χ4v) is 2.01. The molecule has 5 heteroatoms. The second-order valence-corrected chi connectivity index (χ2v) is 3.72. The van der Waals surface area contributed by atoms with E-state index in [9.17, 15) is 18.0 Å². The summed E-state index contributed by atoms with van der Waals surface area (Å²) in [5, 5.41) is 2.88. The van der Waals surface area contributed by atoms with Crippen LogP contribution in [0.2, 0.25) is 0 Å². The second kappa shape index (κ2) is 3.81. The van der Waals surface area contributed by atoms with Gasteiger partial charge < -0.3 is 10.1 Å². The van der Waals surface area contributed by atoms with Crippen molar-refractivity contribution < 1.29 is 18.0 Å². The first-order valence-corrected chi connectivity index (χ1v) is 4.93. The second-order valence-electron chi connectivity index (χ2n) is 3.72. The highest BCUT2D eigenvalue weighted by molar-refractivity contribution is 5.72. The van der Waals surface area contributed by atoms with E-state index >= 15 is 0 Å². The molecule has 1 aromatic carbocycles. The first kappa shape index (κ1) is 11.0. The van der Waals surface area contributed by atoms with Gasteiger partial charge in [0.15, 0.2) is 0 Å². The minimum absolute atomic E-state index is 0.0799. The molecule has 1 aliphatic rings. The summed E-state index contributed by atoms with van der Waals surface area (Å²) in [5.41, 5.74) is -0.219. The van der Waals surface area contributed by atoms with Crippen molar-refractivity contribution in [3.63, 3.8) is 0 Å². The Labute approximate surface area is 90.5 Å². The summed E-state index contributed by atoms with van der Waals surface area (Å²) in [4.78, 5) is 10.8. The molecule has 1 aliphatic heterocycles. The van der Waals surface area contributed by atoms with Crippen molar-refractivity contribution >= 4 is 12.0 Å². The zero-order valence-corrected chi connectivity index (χ0v) is 8.34. The quantitative estimate of drug-likeness (QED) is 0.750. The average molecular weight is 229 g/mol. The van der Waals surface area contributed by atoms with Crippen LogP contribution in [0.15, 0.2) is 18.2 Å². The fraction of sp³-hybridized carbons (Fsp3) is 0.364. The van der Waals surface area contributed by atoms with Crippen LogP contribution in [0.3, 0.4) is 0 Å². The summed E-state index contributed by atoms with van der Waals surface area (Å²) in [7, 11) is 0. The molecule has 1 aromatic rings. The topological polar surface area (TPSA) is 29.1 Å². The van der Waals surface area contributed by atoms with Gasteiger partial charge in [0.25, 0.3) is 0 Å². The molecule has 1 N–H and O–H groups in total. The molecule has 2 rings (SSSR count). The van der Waals surface area contributed by atoms with Crippen LogP contribution >= 0.6 is 0 Å². The number of nitrogens with one attached hydrogen (secondary N) is 1. The van der Waals surface area contributed by atoms with Crippen molar-refractivity contribution in [2.75, 3.05) is 11.9 Å². The van der Waals surface area contributed by atoms with Gasteiger partial charge in [0.1, 0.15) is 6.29 Å². The van der Waals surface area contributed by atoms with E-state index in [0.29, 0.717) is 24.9 Å².